The average Bonchev–Trinajstić information content (AvgIpc) is 2.72. The summed E-state index contributed by atoms with van der Waals surface area (Å²) in [6.07, 6.45) is 0.0944. The van der Waals surface area contributed by atoms with Gasteiger partial charge in [0, 0.05) is 20.0 Å². The number of anilines is 1. The summed E-state index contributed by atoms with van der Waals surface area (Å²) >= 11 is 0. The topological polar surface area (TPSA) is 86.7 Å². The molecule has 20 heavy (non-hydrogen) atoms. The van der Waals surface area contributed by atoms with Crippen molar-refractivity contribution < 1.29 is 23.9 Å². The summed E-state index contributed by atoms with van der Waals surface area (Å²) < 4.78 is 13.7. The molecule has 1 unspecified atom stereocenters. The Kier molecular flexibility index (Phi) is 3.69. The summed E-state index contributed by atoms with van der Waals surface area (Å²) in [6, 6.07) is 3.23. The molecule has 1 aromatic carbocycles. The summed E-state index contributed by atoms with van der Waals surface area (Å²) in [5.41, 5.74) is -0.293. The molecule has 0 radical (unpaired) electrons. The monoisotopic (exact) mass is 280 g/mol. The molecule has 0 saturated carbocycles. The quantitative estimate of drug-likeness (QED) is 0.862. The molecule has 1 saturated heterocycles. The summed E-state index contributed by atoms with van der Waals surface area (Å²) in [7, 11) is 1.60. The number of carbonyl (C=O) groups excluding carboxylic acids is 2. The van der Waals surface area contributed by atoms with Gasteiger partial charge in [-0.3, -0.25) is 9.59 Å². The van der Waals surface area contributed by atoms with Crippen molar-refractivity contribution in [3.8, 4) is 0 Å². The van der Waals surface area contributed by atoms with E-state index in [2.05, 4.69) is 5.32 Å². The number of carboxylic acids is 1. The molecule has 0 spiro atoms. The highest BCUT2D eigenvalue weighted by Crippen LogP contribution is 2.21. The van der Waals surface area contributed by atoms with E-state index in [1.165, 1.54) is 17.0 Å². The van der Waals surface area contributed by atoms with Crippen molar-refractivity contribution in [3.05, 3.63) is 29.6 Å². The van der Waals surface area contributed by atoms with E-state index in [0.717, 1.165) is 6.07 Å². The van der Waals surface area contributed by atoms with Gasteiger partial charge in [0.15, 0.2) is 0 Å². The SMILES string of the molecule is CN1CC(C(=O)Nc2ccc(C(=O)O)cc2F)CC1=O. The maximum atomic E-state index is 13.7. The predicted molar refractivity (Wildman–Crippen MR) is 67.7 cm³/mol. The maximum absolute atomic E-state index is 13.7. The summed E-state index contributed by atoms with van der Waals surface area (Å²) in [4.78, 5) is 35.3. The molecular weight excluding hydrogens is 267 g/mol. The second kappa shape index (κ2) is 5.28. The van der Waals surface area contributed by atoms with Gasteiger partial charge in [0.2, 0.25) is 11.8 Å². The Morgan fingerprint density at radius 2 is 2.15 bits per heavy atom. The van der Waals surface area contributed by atoms with Crippen molar-refractivity contribution in [1.82, 2.24) is 4.90 Å². The van der Waals surface area contributed by atoms with E-state index in [1.54, 1.807) is 7.05 Å². The largest absolute Gasteiger partial charge is 0.478 e. The predicted octanol–water partition coefficient (Wildman–Crippen LogP) is 0.941. The summed E-state index contributed by atoms with van der Waals surface area (Å²) in [6.45, 7) is 0.291. The van der Waals surface area contributed by atoms with Crippen LogP contribution in [-0.4, -0.2) is 41.4 Å². The average molecular weight is 280 g/mol. The van der Waals surface area contributed by atoms with Crippen molar-refractivity contribution in [1.29, 1.82) is 0 Å². The Bertz CT molecular complexity index is 588. The first-order valence-electron chi connectivity index (χ1n) is 5.96. The van der Waals surface area contributed by atoms with E-state index in [-0.39, 0.29) is 23.6 Å². The van der Waals surface area contributed by atoms with E-state index in [4.69, 9.17) is 5.11 Å². The Hall–Kier alpha value is -2.44. The van der Waals surface area contributed by atoms with Gasteiger partial charge >= 0.3 is 5.97 Å². The first kappa shape index (κ1) is 14.0. The molecule has 2 amide bonds. The Morgan fingerprint density at radius 3 is 2.65 bits per heavy atom. The molecule has 0 aliphatic carbocycles. The molecule has 2 N–H and O–H groups in total. The number of rotatable bonds is 3. The molecule has 7 heteroatoms. The zero-order valence-electron chi connectivity index (χ0n) is 10.7. The van der Waals surface area contributed by atoms with Gasteiger partial charge in [0.05, 0.1) is 17.2 Å². The first-order valence-corrected chi connectivity index (χ1v) is 5.96. The number of hydrogen-bond acceptors (Lipinski definition) is 3. The number of likely N-dealkylation sites (tertiary alicyclic amines) is 1. The van der Waals surface area contributed by atoms with Gasteiger partial charge in [0.1, 0.15) is 5.82 Å². The smallest absolute Gasteiger partial charge is 0.335 e. The normalized spacial score (nSPS) is 18.2. The zero-order valence-corrected chi connectivity index (χ0v) is 10.7. The molecular formula is C13H13FN2O4. The minimum atomic E-state index is -1.25. The fraction of sp³-hybridized carbons (Fsp3) is 0.308. The van der Waals surface area contributed by atoms with Gasteiger partial charge in [-0.1, -0.05) is 0 Å². The number of aromatic carboxylic acids is 1. The van der Waals surface area contributed by atoms with Gasteiger partial charge in [0.25, 0.3) is 0 Å². The molecule has 1 heterocycles. The maximum Gasteiger partial charge on any atom is 0.335 e. The lowest BCUT2D eigenvalue weighted by molar-refractivity contribution is -0.127. The number of benzene rings is 1. The van der Waals surface area contributed by atoms with Gasteiger partial charge < -0.3 is 15.3 Å². The van der Waals surface area contributed by atoms with Gasteiger partial charge in [-0.2, -0.15) is 0 Å². The Balaban J connectivity index is 2.09. The third-order valence-electron chi connectivity index (χ3n) is 3.19. The number of nitrogens with zero attached hydrogens (tertiary/aromatic N) is 1. The lowest BCUT2D eigenvalue weighted by Gasteiger charge is -2.11. The lowest BCUT2D eigenvalue weighted by Crippen LogP contribution is -2.26. The van der Waals surface area contributed by atoms with Crippen molar-refractivity contribution in [3.63, 3.8) is 0 Å². The van der Waals surface area contributed by atoms with E-state index < -0.39 is 23.6 Å². The molecule has 1 aromatic rings. The fourth-order valence-electron chi connectivity index (χ4n) is 2.02. The second-order valence-electron chi connectivity index (χ2n) is 4.66. The number of hydrogen-bond donors (Lipinski definition) is 2. The third-order valence-corrected chi connectivity index (χ3v) is 3.19. The molecule has 1 atom stereocenters. The number of carbonyl (C=O) groups is 3. The van der Waals surface area contributed by atoms with Crippen LogP contribution in [0.3, 0.4) is 0 Å². The summed E-state index contributed by atoms with van der Waals surface area (Å²) in [5.74, 6) is -3.18. The van der Waals surface area contributed by atoms with Crippen LogP contribution in [0, 0.1) is 11.7 Å². The molecule has 106 valence electrons. The zero-order chi connectivity index (χ0) is 14.9. The van der Waals surface area contributed by atoms with Crippen molar-refractivity contribution in [2.75, 3.05) is 18.9 Å². The second-order valence-corrected chi connectivity index (χ2v) is 4.66. The van der Waals surface area contributed by atoms with E-state index in [0.29, 0.717) is 6.54 Å². The number of halogens is 1. The van der Waals surface area contributed by atoms with Crippen LogP contribution in [0.1, 0.15) is 16.8 Å². The van der Waals surface area contributed by atoms with Gasteiger partial charge in [-0.05, 0) is 18.2 Å². The highest BCUT2D eigenvalue weighted by atomic mass is 19.1. The Morgan fingerprint density at radius 1 is 1.45 bits per heavy atom. The van der Waals surface area contributed by atoms with Crippen molar-refractivity contribution >= 4 is 23.5 Å². The first-order chi connectivity index (χ1) is 9.38. The highest BCUT2D eigenvalue weighted by Gasteiger charge is 2.32. The molecule has 6 nitrogen and oxygen atoms in total. The molecule has 2 rings (SSSR count). The number of carboxylic acid groups (broad SMARTS) is 1. The van der Waals surface area contributed by atoms with E-state index in [1.807, 2.05) is 0 Å². The van der Waals surface area contributed by atoms with Gasteiger partial charge in [-0.15, -0.1) is 0 Å². The fourth-order valence-corrected chi connectivity index (χ4v) is 2.02. The molecule has 0 aromatic heterocycles. The minimum absolute atomic E-state index is 0.0944. The highest BCUT2D eigenvalue weighted by molar-refractivity contribution is 5.97. The van der Waals surface area contributed by atoms with Crippen LogP contribution in [0.15, 0.2) is 18.2 Å². The number of nitrogens with one attached hydrogen (secondary N) is 1. The molecule has 0 bridgehead atoms. The molecule has 1 aliphatic rings. The van der Waals surface area contributed by atoms with Crippen LogP contribution in [0.5, 0.6) is 0 Å². The van der Waals surface area contributed by atoms with Crippen LogP contribution < -0.4 is 5.32 Å². The van der Waals surface area contributed by atoms with Crippen molar-refractivity contribution in [2.24, 2.45) is 5.92 Å². The summed E-state index contributed by atoms with van der Waals surface area (Å²) in [5, 5.41) is 11.1. The molecule has 1 aliphatic heterocycles. The van der Waals surface area contributed by atoms with Crippen molar-refractivity contribution in [2.45, 2.75) is 6.42 Å². The Labute approximate surface area is 114 Å². The van der Waals surface area contributed by atoms with Crippen LogP contribution in [0.25, 0.3) is 0 Å². The lowest BCUT2D eigenvalue weighted by atomic mass is 10.1. The number of amides is 2. The van der Waals surface area contributed by atoms with Crippen LogP contribution in [-0.2, 0) is 9.59 Å². The van der Waals surface area contributed by atoms with Crippen LogP contribution in [0.2, 0.25) is 0 Å². The molecule has 1 fully saturated rings. The van der Waals surface area contributed by atoms with E-state index in [9.17, 15) is 18.8 Å². The minimum Gasteiger partial charge on any atom is -0.478 e. The van der Waals surface area contributed by atoms with Crippen LogP contribution >= 0.6 is 0 Å². The van der Waals surface area contributed by atoms with Crippen LogP contribution in [0.4, 0.5) is 10.1 Å². The third kappa shape index (κ3) is 2.76. The van der Waals surface area contributed by atoms with E-state index >= 15 is 0 Å². The van der Waals surface area contributed by atoms with Gasteiger partial charge in [-0.25, -0.2) is 9.18 Å². The standard InChI is InChI=1S/C13H13FN2O4/c1-16-6-8(5-11(16)17)12(18)15-10-3-2-7(13(19)20)4-9(10)14/h2-4,8H,5-6H2,1H3,(H,15,18)(H,19,20).